The van der Waals surface area contributed by atoms with Crippen LogP contribution in [0.5, 0.6) is 0 Å². The van der Waals surface area contributed by atoms with Gasteiger partial charge in [-0.05, 0) is 19.3 Å². The molecule has 2 fully saturated rings. The summed E-state index contributed by atoms with van der Waals surface area (Å²) in [5.74, 6) is -0.928. The number of Topliss-reactive ketones (excluding diaryl/α,β-unsaturated/α-hetero) is 1. The summed E-state index contributed by atoms with van der Waals surface area (Å²) in [6, 6.07) is 0. The van der Waals surface area contributed by atoms with Gasteiger partial charge in [0, 0.05) is 0 Å². The lowest BCUT2D eigenvalue weighted by Crippen LogP contribution is -2.30. The van der Waals surface area contributed by atoms with Crippen molar-refractivity contribution in [1.29, 1.82) is 0 Å². The van der Waals surface area contributed by atoms with E-state index in [2.05, 4.69) is 11.3 Å². The average Bonchev–Trinajstić information content (AvgIpc) is 2.81. The molecule has 82 valence electrons. The minimum atomic E-state index is -0.583. The second-order valence-corrected chi connectivity index (χ2v) is 4.54. The van der Waals surface area contributed by atoms with E-state index < -0.39 is 11.9 Å². The first kappa shape index (κ1) is 10.4. The summed E-state index contributed by atoms with van der Waals surface area (Å²) in [7, 11) is 1.33. The Labute approximate surface area is 89.5 Å². The van der Waals surface area contributed by atoms with Crippen molar-refractivity contribution >= 4 is 11.8 Å². The summed E-state index contributed by atoms with van der Waals surface area (Å²) in [4.78, 5) is 23.6. The molecule has 0 amide bonds. The van der Waals surface area contributed by atoms with Crippen molar-refractivity contribution in [2.75, 3.05) is 7.11 Å². The molecule has 0 N–H and O–H groups in total. The summed E-state index contributed by atoms with van der Waals surface area (Å²) in [6.07, 6.45) is 4.37. The van der Waals surface area contributed by atoms with Crippen LogP contribution in [0.4, 0.5) is 0 Å². The maximum Gasteiger partial charge on any atom is 0.316 e. The Hall–Kier alpha value is -1.12. The molecule has 1 atom stereocenters. The minimum absolute atomic E-state index is 0.0526. The predicted octanol–water partition coefficient (Wildman–Crippen LogP) is 1.86. The maximum atomic E-state index is 12.2. The number of rotatable bonds is 1. The molecule has 1 spiro atoms. The van der Waals surface area contributed by atoms with Crippen LogP contribution in [0, 0.1) is 11.3 Å². The number of allylic oxidation sites excluding steroid dienone is 1. The van der Waals surface area contributed by atoms with Crippen LogP contribution in [0.2, 0.25) is 0 Å². The van der Waals surface area contributed by atoms with E-state index in [1.807, 2.05) is 0 Å². The van der Waals surface area contributed by atoms with Gasteiger partial charge in [0.1, 0.15) is 5.92 Å². The monoisotopic (exact) mass is 208 g/mol. The normalized spacial score (nSPS) is 28.7. The number of methoxy groups -OCH3 is 1. The molecule has 3 heteroatoms. The standard InChI is InChI=1S/C12H16O3/c1-8-7-9(11(14)15-2)10(13)12(8)5-3-4-6-12/h9H,1,3-7H2,2H3. The lowest BCUT2D eigenvalue weighted by molar-refractivity contribution is -0.149. The van der Waals surface area contributed by atoms with Crippen LogP contribution in [-0.2, 0) is 14.3 Å². The Kier molecular flexibility index (Phi) is 2.41. The summed E-state index contributed by atoms with van der Waals surface area (Å²) < 4.78 is 4.65. The number of ketones is 1. The molecular weight excluding hydrogens is 192 g/mol. The molecule has 2 aliphatic rings. The fourth-order valence-corrected chi connectivity index (χ4v) is 2.95. The Morgan fingerprint density at radius 2 is 2.07 bits per heavy atom. The molecule has 3 nitrogen and oxygen atoms in total. The van der Waals surface area contributed by atoms with E-state index in [0.29, 0.717) is 6.42 Å². The van der Waals surface area contributed by atoms with Crippen molar-refractivity contribution in [3.05, 3.63) is 12.2 Å². The van der Waals surface area contributed by atoms with Gasteiger partial charge in [-0.15, -0.1) is 0 Å². The van der Waals surface area contributed by atoms with Crippen LogP contribution < -0.4 is 0 Å². The zero-order chi connectivity index (χ0) is 11.1. The second kappa shape index (κ2) is 3.47. The van der Waals surface area contributed by atoms with Gasteiger partial charge in [-0.25, -0.2) is 0 Å². The molecule has 0 radical (unpaired) electrons. The zero-order valence-electron chi connectivity index (χ0n) is 9.04. The number of ether oxygens (including phenoxy) is 1. The molecule has 2 aliphatic carbocycles. The first-order chi connectivity index (χ1) is 7.12. The van der Waals surface area contributed by atoms with Gasteiger partial charge in [0.25, 0.3) is 0 Å². The lowest BCUT2D eigenvalue weighted by Gasteiger charge is -2.22. The van der Waals surface area contributed by atoms with Gasteiger partial charge in [0.15, 0.2) is 5.78 Å². The van der Waals surface area contributed by atoms with Gasteiger partial charge in [-0.2, -0.15) is 0 Å². The van der Waals surface area contributed by atoms with Crippen molar-refractivity contribution in [1.82, 2.24) is 0 Å². The molecule has 0 heterocycles. The third-order valence-electron chi connectivity index (χ3n) is 3.86. The van der Waals surface area contributed by atoms with Crippen LogP contribution in [0.15, 0.2) is 12.2 Å². The molecule has 0 aromatic rings. The fraction of sp³-hybridized carbons (Fsp3) is 0.667. The van der Waals surface area contributed by atoms with Gasteiger partial charge >= 0.3 is 5.97 Å². The van der Waals surface area contributed by atoms with E-state index >= 15 is 0 Å². The highest BCUT2D eigenvalue weighted by Gasteiger charge is 2.54. The molecule has 0 bridgehead atoms. The van der Waals surface area contributed by atoms with Crippen LogP contribution in [0.3, 0.4) is 0 Å². The summed E-state index contributed by atoms with van der Waals surface area (Å²) >= 11 is 0. The maximum absolute atomic E-state index is 12.2. The van der Waals surface area contributed by atoms with Crippen LogP contribution in [0.25, 0.3) is 0 Å². The molecule has 15 heavy (non-hydrogen) atoms. The molecule has 2 saturated carbocycles. The molecule has 0 saturated heterocycles. The van der Waals surface area contributed by atoms with Gasteiger partial charge in [0.2, 0.25) is 0 Å². The Balaban J connectivity index is 2.27. The molecular formula is C12H16O3. The van der Waals surface area contributed by atoms with Gasteiger partial charge in [-0.3, -0.25) is 9.59 Å². The molecule has 0 aliphatic heterocycles. The molecule has 2 rings (SSSR count). The Morgan fingerprint density at radius 3 is 2.60 bits per heavy atom. The summed E-state index contributed by atoms with van der Waals surface area (Å²) in [5, 5.41) is 0. The average molecular weight is 208 g/mol. The molecule has 0 aromatic carbocycles. The van der Waals surface area contributed by atoms with Gasteiger partial charge in [-0.1, -0.05) is 25.0 Å². The van der Waals surface area contributed by atoms with Crippen molar-refractivity contribution in [3.63, 3.8) is 0 Å². The highest BCUT2D eigenvalue weighted by molar-refractivity contribution is 6.06. The zero-order valence-corrected chi connectivity index (χ0v) is 9.04. The van der Waals surface area contributed by atoms with Crippen LogP contribution >= 0.6 is 0 Å². The highest BCUT2D eigenvalue weighted by Crippen LogP contribution is 2.53. The third kappa shape index (κ3) is 1.33. The van der Waals surface area contributed by atoms with Crippen molar-refractivity contribution < 1.29 is 14.3 Å². The van der Waals surface area contributed by atoms with Crippen LogP contribution in [-0.4, -0.2) is 18.9 Å². The number of carbonyl (C=O) groups is 2. The van der Waals surface area contributed by atoms with Crippen LogP contribution in [0.1, 0.15) is 32.1 Å². The first-order valence-electron chi connectivity index (χ1n) is 5.42. The Bertz CT molecular complexity index is 324. The topological polar surface area (TPSA) is 43.4 Å². The van der Waals surface area contributed by atoms with Gasteiger partial charge < -0.3 is 4.74 Å². The fourth-order valence-electron chi connectivity index (χ4n) is 2.95. The van der Waals surface area contributed by atoms with Crippen molar-refractivity contribution in [3.8, 4) is 0 Å². The van der Waals surface area contributed by atoms with E-state index in [1.54, 1.807) is 0 Å². The quantitative estimate of drug-likeness (QED) is 0.375. The van der Waals surface area contributed by atoms with Gasteiger partial charge in [0.05, 0.1) is 12.5 Å². The number of hydrogen-bond donors (Lipinski definition) is 0. The largest absolute Gasteiger partial charge is 0.468 e. The van der Waals surface area contributed by atoms with E-state index in [1.165, 1.54) is 7.11 Å². The van der Waals surface area contributed by atoms with E-state index in [0.717, 1.165) is 31.3 Å². The predicted molar refractivity (Wildman–Crippen MR) is 55.2 cm³/mol. The first-order valence-corrected chi connectivity index (χ1v) is 5.42. The summed E-state index contributed by atoms with van der Waals surface area (Å²) in [6.45, 7) is 3.98. The minimum Gasteiger partial charge on any atom is -0.468 e. The third-order valence-corrected chi connectivity index (χ3v) is 3.86. The van der Waals surface area contributed by atoms with Crippen molar-refractivity contribution in [2.24, 2.45) is 11.3 Å². The number of esters is 1. The Morgan fingerprint density at radius 1 is 1.47 bits per heavy atom. The van der Waals surface area contributed by atoms with Crippen molar-refractivity contribution in [2.45, 2.75) is 32.1 Å². The highest BCUT2D eigenvalue weighted by atomic mass is 16.5. The van der Waals surface area contributed by atoms with E-state index in [4.69, 9.17) is 0 Å². The van der Waals surface area contributed by atoms with E-state index in [9.17, 15) is 9.59 Å². The number of hydrogen-bond acceptors (Lipinski definition) is 3. The summed E-state index contributed by atoms with van der Waals surface area (Å²) in [5.41, 5.74) is 0.569. The molecule has 1 unspecified atom stereocenters. The van der Waals surface area contributed by atoms with E-state index in [-0.39, 0.29) is 11.2 Å². The number of carbonyl (C=O) groups excluding carboxylic acids is 2. The SMILES string of the molecule is C=C1CC(C(=O)OC)C(=O)C12CCCC2. The molecule has 0 aromatic heterocycles. The second-order valence-electron chi connectivity index (χ2n) is 4.54. The lowest BCUT2D eigenvalue weighted by atomic mass is 9.80. The smallest absolute Gasteiger partial charge is 0.316 e.